The molecule has 0 atom stereocenters. The molecule has 2 heterocycles. The predicted octanol–water partition coefficient (Wildman–Crippen LogP) is 3.29. The van der Waals surface area contributed by atoms with Crippen LogP contribution in [0.5, 0.6) is 5.75 Å². The number of halogens is 1. The Balaban J connectivity index is 1.90. The number of fused-ring (bicyclic) bond motifs is 1. The van der Waals surface area contributed by atoms with Crippen LogP contribution in [0.3, 0.4) is 0 Å². The first kappa shape index (κ1) is 11.7. The number of benzene rings is 1. The summed E-state index contributed by atoms with van der Waals surface area (Å²) in [6, 6.07) is 10.7. The predicted molar refractivity (Wildman–Crippen MR) is 71.4 cm³/mol. The van der Waals surface area contributed by atoms with Crippen molar-refractivity contribution in [3.05, 3.63) is 60.3 Å². The van der Waals surface area contributed by atoms with Gasteiger partial charge in [0.15, 0.2) is 0 Å². The van der Waals surface area contributed by atoms with Crippen molar-refractivity contribution in [2.75, 3.05) is 0 Å². The molecule has 3 nitrogen and oxygen atoms in total. The van der Waals surface area contributed by atoms with Gasteiger partial charge in [0, 0.05) is 18.6 Å². The summed E-state index contributed by atoms with van der Waals surface area (Å²) in [4.78, 5) is 3.98. The van der Waals surface area contributed by atoms with Gasteiger partial charge in [-0.1, -0.05) is 12.1 Å². The van der Waals surface area contributed by atoms with Crippen molar-refractivity contribution in [2.24, 2.45) is 7.05 Å². The molecule has 0 fully saturated rings. The molecule has 0 N–H and O–H groups in total. The molecule has 19 heavy (non-hydrogen) atoms. The van der Waals surface area contributed by atoms with Crippen LogP contribution in [0.15, 0.2) is 48.8 Å². The third kappa shape index (κ3) is 2.17. The highest BCUT2D eigenvalue weighted by molar-refractivity contribution is 5.81. The van der Waals surface area contributed by atoms with Gasteiger partial charge in [-0.25, -0.2) is 4.39 Å². The second-order valence-electron chi connectivity index (χ2n) is 4.35. The quantitative estimate of drug-likeness (QED) is 0.719. The summed E-state index contributed by atoms with van der Waals surface area (Å²) in [5, 5.41) is 0.882. The SMILES string of the molecule is Cn1c(COc2cccnc2)cc2cccc(F)c21. The van der Waals surface area contributed by atoms with Crippen molar-refractivity contribution in [3.8, 4) is 5.75 Å². The zero-order valence-electron chi connectivity index (χ0n) is 10.5. The molecule has 0 amide bonds. The number of hydrogen-bond donors (Lipinski definition) is 0. The molecule has 3 aromatic rings. The second kappa shape index (κ2) is 4.72. The van der Waals surface area contributed by atoms with Gasteiger partial charge in [0.2, 0.25) is 0 Å². The van der Waals surface area contributed by atoms with E-state index in [1.165, 1.54) is 6.07 Å². The van der Waals surface area contributed by atoms with Crippen LogP contribution in [0.4, 0.5) is 4.39 Å². The summed E-state index contributed by atoms with van der Waals surface area (Å²) in [6.45, 7) is 0.385. The summed E-state index contributed by atoms with van der Waals surface area (Å²) in [7, 11) is 1.84. The van der Waals surface area contributed by atoms with Gasteiger partial charge in [-0.3, -0.25) is 4.98 Å². The second-order valence-corrected chi connectivity index (χ2v) is 4.35. The Morgan fingerprint density at radius 3 is 2.89 bits per heavy atom. The van der Waals surface area contributed by atoms with Gasteiger partial charge in [0.25, 0.3) is 0 Å². The molecule has 0 aliphatic carbocycles. The van der Waals surface area contributed by atoms with Crippen molar-refractivity contribution in [1.82, 2.24) is 9.55 Å². The van der Waals surface area contributed by atoms with Crippen LogP contribution in [0, 0.1) is 5.82 Å². The third-order valence-electron chi connectivity index (χ3n) is 3.13. The standard InChI is InChI=1S/C15H13FN2O/c1-18-12(10-19-13-5-3-7-17-9-13)8-11-4-2-6-14(16)15(11)18/h2-9H,10H2,1H3. The molecule has 3 rings (SSSR count). The molecule has 0 bridgehead atoms. The van der Waals surface area contributed by atoms with Gasteiger partial charge >= 0.3 is 0 Å². The van der Waals surface area contributed by atoms with E-state index in [0.717, 1.165) is 11.1 Å². The van der Waals surface area contributed by atoms with Gasteiger partial charge in [-0.15, -0.1) is 0 Å². The first-order valence-corrected chi connectivity index (χ1v) is 6.01. The molecule has 1 aromatic carbocycles. The molecular weight excluding hydrogens is 243 g/mol. The summed E-state index contributed by atoms with van der Waals surface area (Å²) in [6.07, 6.45) is 3.35. The maximum atomic E-state index is 13.8. The number of pyridine rings is 1. The molecule has 0 radical (unpaired) electrons. The minimum Gasteiger partial charge on any atom is -0.486 e. The molecule has 0 saturated heterocycles. The molecular formula is C15H13FN2O. The summed E-state index contributed by atoms with van der Waals surface area (Å²) >= 11 is 0. The van der Waals surface area contributed by atoms with Crippen LogP contribution < -0.4 is 4.74 Å². The van der Waals surface area contributed by atoms with Gasteiger partial charge in [-0.05, 0) is 24.3 Å². The molecule has 4 heteroatoms. The highest BCUT2D eigenvalue weighted by atomic mass is 19.1. The number of hydrogen-bond acceptors (Lipinski definition) is 2. The van der Waals surface area contributed by atoms with E-state index in [2.05, 4.69) is 4.98 Å². The normalized spacial score (nSPS) is 10.8. The maximum Gasteiger partial charge on any atom is 0.147 e. The minimum atomic E-state index is -0.215. The van der Waals surface area contributed by atoms with Crippen molar-refractivity contribution in [2.45, 2.75) is 6.61 Å². The molecule has 96 valence electrons. The average Bonchev–Trinajstić information content (AvgIpc) is 2.76. The van der Waals surface area contributed by atoms with Crippen LogP contribution in [0.1, 0.15) is 5.69 Å². The lowest BCUT2D eigenvalue weighted by Gasteiger charge is -2.07. The number of nitrogens with zero attached hydrogens (tertiary/aromatic N) is 2. The van der Waals surface area contributed by atoms with Gasteiger partial charge < -0.3 is 9.30 Å². The number of rotatable bonds is 3. The first-order chi connectivity index (χ1) is 9.25. The van der Waals surface area contributed by atoms with Gasteiger partial charge in [-0.2, -0.15) is 0 Å². The molecule has 2 aromatic heterocycles. The van der Waals surface area contributed by atoms with E-state index in [1.54, 1.807) is 18.5 Å². The van der Waals surface area contributed by atoms with Crippen molar-refractivity contribution in [3.63, 3.8) is 0 Å². The molecule has 0 saturated carbocycles. The average molecular weight is 256 g/mol. The fourth-order valence-electron chi connectivity index (χ4n) is 2.15. The van der Waals surface area contributed by atoms with E-state index >= 15 is 0 Å². The van der Waals surface area contributed by atoms with Crippen LogP contribution >= 0.6 is 0 Å². The lowest BCUT2D eigenvalue weighted by Crippen LogP contribution is -2.02. The highest BCUT2D eigenvalue weighted by Gasteiger charge is 2.09. The lowest BCUT2D eigenvalue weighted by atomic mass is 10.2. The Kier molecular flexibility index (Phi) is 2.91. The zero-order valence-corrected chi connectivity index (χ0v) is 10.5. The van der Waals surface area contributed by atoms with Crippen LogP contribution in [0.2, 0.25) is 0 Å². The van der Waals surface area contributed by atoms with Crippen LogP contribution in [-0.4, -0.2) is 9.55 Å². The van der Waals surface area contributed by atoms with E-state index in [0.29, 0.717) is 17.9 Å². The topological polar surface area (TPSA) is 27.1 Å². The highest BCUT2D eigenvalue weighted by Crippen LogP contribution is 2.22. The van der Waals surface area contributed by atoms with Crippen molar-refractivity contribution in [1.29, 1.82) is 0 Å². The molecule has 0 unspecified atom stereocenters. The molecule has 0 aliphatic rings. The largest absolute Gasteiger partial charge is 0.486 e. The van der Waals surface area contributed by atoms with E-state index in [1.807, 2.05) is 35.9 Å². The van der Waals surface area contributed by atoms with E-state index in [-0.39, 0.29) is 5.82 Å². The third-order valence-corrected chi connectivity index (χ3v) is 3.13. The van der Waals surface area contributed by atoms with E-state index in [9.17, 15) is 4.39 Å². The maximum absolute atomic E-state index is 13.8. The minimum absolute atomic E-state index is 0.215. The fourth-order valence-corrected chi connectivity index (χ4v) is 2.15. The Hall–Kier alpha value is -2.36. The monoisotopic (exact) mass is 256 g/mol. The lowest BCUT2D eigenvalue weighted by molar-refractivity contribution is 0.296. The Morgan fingerprint density at radius 1 is 1.26 bits per heavy atom. The van der Waals surface area contributed by atoms with E-state index in [4.69, 9.17) is 4.74 Å². The zero-order chi connectivity index (χ0) is 13.2. The van der Waals surface area contributed by atoms with Crippen molar-refractivity contribution < 1.29 is 9.13 Å². The van der Waals surface area contributed by atoms with Crippen LogP contribution in [0.25, 0.3) is 10.9 Å². The summed E-state index contributed by atoms with van der Waals surface area (Å²) in [5.41, 5.74) is 1.52. The molecule has 0 spiro atoms. The number of ether oxygens (including phenoxy) is 1. The van der Waals surface area contributed by atoms with E-state index < -0.39 is 0 Å². The van der Waals surface area contributed by atoms with Crippen LogP contribution in [-0.2, 0) is 13.7 Å². The smallest absolute Gasteiger partial charge is 0.147 e. The number of para-hydroxylation sites is 1. The van der Waals surface area contributed by atoms with Gasteiger partial charge in [0.05, 0.1) is 17.4 Å². The van der Waals surface area contributed by atoms with Crippen molar-refractivity contribution >= 4 is 10.9 Å². The van der Waals surface area contributed by atoms with Gasteiger partial charge in [0.1, 0.15) is 18.2 Å². The Bertz CT molecular complexity index is 707. The summed E-state index contributed by atoms with van der Waals surface area (Å²) < 4.78 is 21.2. The Morgan fingerprint density at radius 2 is 2.16 bits per heavy atom. The fraction of sp³-hybridized carbons (Fsp3) is 0.133. The Labute approximate surface area is 110 Å². The first-order valence-electron chi connectivity index (χ1n) is 6.01. The number of aromatic nitrogens is 2. The summed E-state index contributed by atoms with van der Waals surface area (Å²) in [5.74, 6) is 0.487. The molecule has 0 aliphatic heterocycles. The number of aryl methyl sites for hydroxylation is 1.